The van der Waals surface area contributed by atoms with Crippen LogP contribution in [0.1, 0.15) is 11.1 Å². The van der Waals surface area contributed by atoms with Gasteiger partial charge in [-0.1, -0.05) is 30.3 Å². The van der Waals surface area contributed by atoms with Crippen LogP contribution < -0.4 is 15.8 Å². The van der Waals surface area contributed by atoms with Gasteiger partial charge in [0.1, 0.15) is 0 Å². The maximum atomic E-state index is 11.9. The van der Waals surface area contributed by atoms with Gasteiger partial charge in [0.15, 0.2) is 5.96 Å². The zero-order valence-electron chi connectivity index (χ0n) is 18.1. The van der Waals surface area contributed by atoms with Gasteiger partial charge in [-0.15, -0.1) is 24.0 Å². The van der Waals surface area contributed by atoms with E-state index in [1.165, 1.54) is 5.56 Å². The van der Waals surface area contributed by atoms with E-state index in [0.29, 0.717) is 13.1 Å². The van der Waals surface area contributed by atoms with Crippen LogP contribution in [0.5, 0.6) is 0 Å². The Morgan fingerprint density at radius 2 is 1.66 bits per heavy atom. The molecule has 1 aliphatic rings. The standard InChI is InChI=1S/C23H27N7O.HI/c1-24-22(28-13-15-29(16-14-28)23-25-10-4-11-26-23)27-17-19-6-8-20(9-7-19)18-30-12-3-2-5-21(30)31;/h2-12H,13-18H2,1H3,(H,24,27);1H. The van der Waals surface area contributed by atoms with Crippen LogP contribution in [0.15, 0.2) is 76.9 Å². The fraction of sp³-hybridized carbons (Fsp3) is 0.304. The summed E-state index contributed by atoms with van der Waals surface area (Å²) in [4.78, 5) is 29.5. The number of nitrogens with one attached hydrogen (secondary N) is 1. The second-order valence-electron chi connectivity index (χ2n) is 7.41. The van der Waals surface area contributed by atoms with E-state index in [9.17, 15) is 4.79 Å². The largest absolute Gasteiger partial charge is 0.352 e. The summed E-state index contributed by atoms with van der Waals surface area (Å²) in [6.07, 6.45) is 5.36. The summed E-state index contributed by atoms with van der Waals surface area (Å²) in [5, 5.41) is 3.46. The molecule has 168 valence electrons. The summed E-state index contributed by atoms with van der Waals surface area (Å²) in [7, 11) is 1.82. The fourth-order valence-corrected chi connectivity index (χ4v) is 3.64. The van der Waals surface area contributed by atoms with Crippen molar-refractivity contribution in [3.05, 3.63) is 88.6 Å². The number of aromatic nitrogens is 3. The molecule has 32 heavy (non-hydrogen) atoms. The molecule has 0 amide bonds. The molecule has 1 aliphatic heterocycles. The topological polar surface area (TPSA) is 78.7 Å². The van der Waals surface area contributed by atoms with Crippen LogP contribution in [0.3, 0.4) is 0 Å². The minimum atomic E-state index is 0. The molecule has 0 aliphatic carbocycles. The van der Waals surface area contributed by atoms with Gasteiger partial charge in [0.25, 0.3) is 5.56 Å². The van der Waals surface area contributed by atoms with Crippen LogP contribution in [0.4, 0.5) is 5.95 Å². The predicted molar refractivity (Wildman–Crippen MR) is 138 cm³/mol. The molecule has 4 rings (SSSR count). The second-order valence-corrected chi connectivity index (χ2v) is 7.41. The number of aliphatic imine (C=N–C) groups is 1. The first kappa shape index (κ1) is 23.7. The van der Waals surface area contributed by atoms with Crippen LogP contribution >= 0.6 is 24.0 Å². The van der Waals surface area contributed by atoms with Crippen LogP contribution in [-0.2, 0) is 13.1 Å². The van der Waals surface area contributed by atoms with E-state index in [-0.39, 0.29) is 29.5 Å². The number of nitrogens with zero attached hydrogens (tertiary/aromatic N) is 6. The molecule has 8 nitrogen and oxygen atoms in total. The number of anilines is 1. The van der Waals surface area contributed by atoms with Crippen molar-refractivity contribution >= 4 is 35.9 Å². The van der Waals surface area contributed by atoms with Crippen molar-refractivity contribution < 1.29 is 0 Å². The summed E-state index contributed by atoms with van der Waals surface area (Å²) in [5.41, 5.74) is 2.28. The van der Waals surface area contributed by atoms with Crippen LogP contribution in [-0.4, -0.2) is 58.6 Å². The molecule has 0 bridgehead atoms. The lowest BCUT2D eigenvalue weighted by atomic mass is 10.1. The van der Waals surface area contributed by atoms with Crippen molar-refractivity contribution in [2.24, 2.45) is 4.99 Å². The van der Waals surface area contributed by atoms with Gasteiger partial charge in [-0.3, -0.25) is 9.79 Å². The van der Waals surface area contributed by atoms with E-state index < -0.39 is 0 Å². The SMILES string of the molecule is CN=C(NCc1ccc(Cn2ccccc2=O)cc1)N1CCN(c2ncccn2)CC1.I. The first-order valence-electron chi connectivity index (χ1n) is 10.4. The van der Waals surface area contributed by atoms with Crippen molar-refractivity contribution in [2.75, 3.05) is 38.1 Å². The van der Waals surface area contributed by atoms with E-state index in [0.717, 1.165) is 43.7 Å². The van der Waals surface area contributed by atoms with Gasteiger partial charge in [-0.25, -0.2) is 9.97 Å². The normalized spacial score (nSPS) is 14.1. The highest BCUT2D eigenvalue weighted by Crippen LogP contribution is 2.10. The number of hydrogen-bond acceptors (Lipinski definition) is 5. The maximum Gasteiger partial charge on any atom is 0.250 e. The number of piperazine rings is 1. The maximum absolute atomic E-state index is 11.9. The lowest BCUT2D eigenvalue weighted by molar-refractivity contribution is 0.370. The van der Waals surface area contributed by atoms with E-state index >= 15 is 0 Å². The lowest BCUT2D eigenvalue weighted by Crippen LogP contribution is -2.52. The van der Waals surface area contributed by atoms with Gasteiger partial charge in [-0.2, -0.15) is 0 Å². The molecule has 9 heteroatoms. The third-order valence-corrected chi connectivity index (χ3v) is 5.35. The molecule has 1 fully saturated rings. The lowest BCUT2D eigenvalue weighted by Gasteiger charge is -2.36. The van der Waals surface area contributed by atoms with E-state index in [2.05, 4.69) is 54.3 Å². The number of hydrogen-bond donors (Lipinski definition) is 1. The number of pyridine rings is 1. The Kier molecular flexibility index (Phi) is 8.60. The van der Waals surface area contributed by atoms with Gasteiger partial charge in [0.2, 0.25) is 5.95 Å². The molecule has 3 aromatic rings. The second kappa shape index (κ2) is 11.6. The highest BCUT2D eigenvalue weighted by atomic mass is 127. The first-order valence-corrected chi connectivity index (χ1v) is 10.4. The zero-order valence-corrected chi connectivity index (χ0v) is 20.4. The minimum Gasteiger partial charge on any atom is -0.352 e. The van der Waals surface area contributed by atoms with E-state index in [4.69, 9.17) is 0 Å². The molecule has 3 heterocycles. The zero-order chi connectivity index (χ0) is 21.5. The monoisotopic (exact) mass is 545 g/mol. The molecule has 0 unspecified atom stereocenters. The van der Waals surface area contributed by atoms with Gasteiger partial charge in [0.05, 0.1) is 6.54 Å². The van der Waals surface area contributed by atoms with Crippen molar-refractivity contribution in [3.63, 3.8) is 0 Å². The highest BCUT2D eigenvalue weighted by molar-refractivity contribution is 14.0. The summed E-state index contributed by atoms with van der Waals surface area (Å²) >= 11 is 0. The Morgan fingerprint density at radius 3 is 2.31 bits per heavy atom. The first-order chi connectivity index (χ1) is 15.2. The minimum absolute atomic E-state index is 0. The molecular formula is C23H28IN7O. The number of guanidine groups is 1. The Labute approximate surface area is 205 Å². The Morgan fingerprint density at radius 1 is 0.969 bits per heavy atom. The van der Waals surface area contributed by atoms with Crippen molar-refractivity contribution in [3.8, 4) is 0 Å². The molecule has 2 aromatic heterocycles. The average molecular weight is 545 g/mol. The van der Waals surface area contributed by atoms with Gasteiger partial charge in [0, 0.05) is 64.4 Å². The van der Waals surface area contributed by atoms with Gasteiger partial charge in [-0.05, 0) is 23.3 Å². The number of rotatable bonds is 5. The third-order valence-electron chi connectivity index (χ3n) is 5.35. The summed E-state index contributed by atoms with van der Waals surface area (Å²) < 4.78 is 1.70. The summed E-state index contributed by atoms with van der Waals surface area (Å²) in [5.74, 6) is 1.68. The average Bonchev–Trinajstić information content (AvgIpc) is 2.83. The molecule has 1 N–H and O–H groups in total. The Bertz CT molecular complexity index is 1060. The van der Waals surface area contributed by atoms with Crippen molar-refractivity contribution in [1.29, 1.82) is 0 Å². The van der Waals surface area contributed by atoms with Gasteiger partial charge < -0.3 is 19.7 Å². The fourth-order valence-electron chi connectivity index (χ4n) is 3.64. The Balaban J connectivity index is 0.00000289. The van der Waals surface area contributed by atoms with E-state index in [1.54, 1.807) is 29.1 Å². The van der Waals surface area contributed by atoms with Crippen LogP contribution in [0.2, 0.25) is 0 Å². The van der Waals surface area contributed by atoms with E-state index in [1.807, 2.05) is 25.4 Å². The molecule has 0 radical (unpaired) electrons. The molecular weight excluding hydrogens is 517 g/mol. The summed E-state index contributed by atoms with van der Waals surface area (Å²) in [6.45, 7) is 4.71. The molecule has 1 aromatic carbocycles. The number of halogens is 1. The van der Waals surface area contributed by atoms with Crippen molar-refractivity contribution in [2.45, 2.75) is 13.1 Å². The van der Waals surface area contributed by atoms with Gasteiger partial charge >= 0.3 is 0 Å². The third kappa shape index (κ3) is 6.06. The molecule has 0 spiro atoms. The quantitative estimate of drug-likeness (QED) is 0.301. The number of benzene rings is 1. The predicted octanol–water partition coefficient (Wildman–Crippen LogP) is 2.20. The summed E-state index contributed by atoms with van der Waals surface area (Å²) in [6, 6.07) is 15.4. The smallest absolute Gasteiger partial charge is 0.250 e. The molecule has 0 atom stereocenters. The Hall–Kier alpha value is -2.95. The molecule has 1 saturated heterocycles. The van der Waals surface area contributed by atoms with Crippen LogP contribution in [0.25, 0.3) is 0 Å². The van der Waals surface area contributed by atoms with Crippen molar-refractivity contribution in [1.82, 2.24) is 24.8 Å². The molecule has 0 saturated carbocycles. The highest BCUT2D eigenvalue weighted by Gasteiger charge is 2.20. The van der Waals surface area contributed by atoms with Crippen LogP contribution in [0, 0.1) is 0 Å².